The second-order valence-corrected chi connectivity index (χ2v) is 4.52. The number of hydrogen-bond donors (Lipinski definition) is 1. The van der Waals surface area contributed by atoms with Gasteiger partial charge in [-0.25, -0.2) is 0 Å². The van der Waals surface area contributed by atoms with Crippen molar-refractivity contribution in [2.45, 2.75) is 25.9 Å². The van der Waals surface area contributed by atoms with Gasteiger partial charge in [0.15, 0.2) is 0 Å². The lowest BCUT2D eigenvalue weighted by atomic mass is 10.1. The summed E-state index contributed by atoms with van der Waals surface area (Å²) in [4.78, 5) is 14.1. The van der Waals surface area contributed by atoms with Crippen molar-refractivity contribution in [2.75, 3.05) is 19.7 Å². The van der Waals surface area contributed by atoms with Crippen LogP contribution in [0.1, 0.15) is 30.1 Å². The van der Waals surface area contributed by atoms with Gasteiger partial charge >= 0.3 is 0 Å². The number of benzene rings is 1. The number of phenols is 1. The molecule has 4 nitrogen and oxygen atoms in total. The third-order valence-corrected chi connectivity index (χ3v) is 3.18. The van der Waals surface area contributed by atoms with E-state index in [1.807, 2.05) is 11.8 Å². The van der Waals surface area contributed by atoms with Crippen LogP contribution in [0.5, 0.6) is 5.75 Å². The average Bonchev–Trinajstić information content (AvgIpc) is 2.39. The van der Waals surface area contributed by atoms with E-state index in [1.165, 1.54) is 12.1 Å². The molecule has 1 aromatic rings. The van der Waals surface area contributed by atoms with Gasteiger partial charge in [-0.15, -0.1) is 0 Å². The summed E-state index contributed by atoms with van der Waals surface area (Å²) in [5.74, 6) is 0.191. The maximum absolute atomic E-state index is 12.2. The van der Waals surface area contributed by atoms with E-state index < -0.39 is 0 Å². The molecule has 1 aliphatic heterocycles. The highest BCUT2D eigenvalue weighted by Gasteiger charge is 2.24. The number of amides is 1. The molecule has 1 aliphatic rings. The van der Waals surface area contributed by atoms with Crippen LogP contribution in [0.2, 0.25) is 0 Å². The van der Waals surface area contributed by atoms with Gasteiger partial charge in [-0.2, -0.15) is 0 Å². The van der Waals surface area contributed by atoms with Crippen LogP contribution in [0.15, 0.2) is 24.3 Å². The molecule has 1 saturated heterocycles. The number of nitrogens with zero attached hydrogens (tertiary/aromatic N) is 1. The summed E-state index contributed by atoms with van der Waals surface area (Å²) >= 11 is 0. The molecule has 98 valence electrons. The molecule has 0 radical (unpaired) electrons. The summed E-state index contributed by atoms with van der Waals surface area (Å²) < 4.78 is 5.58. The van der Waals surface area contributed by atoms with E-state index in [-0.39, 0.29) is 17.8 Å². The standard InChI is InChI=1S/C14H19NO3/c1-2-18-13-4-3-9-15(10-13)14(17)11-5-7-12(16)8-6-11/h5-8,13,16H,2-4,9-10H2,1H3. The highest BCUT2D eigenvalue weighted by atomic mass is 16.5. The fourth-order valence-electron chi connectivity index (χ4n) is 2.28. The number of carbonyl (C=O) groups is 1. The Bertz CT molecular complexity index is 400. The topological polar surface area (TPSA) is 49.8 Å². The van der Waals surface area contributed by atoms with Gasteiger partial charge in [0.1, 0.15) is 5.75 Å². The van der Waals surface area contributed by atoms with E-state index in [9.17, 15) is 9.90 Å². The zero-order valence-corrected chi connectivity index (χ0v) is 10.6. The molecule has 1 unspecified atom stereocenters. The second kappa shape index (κ2) is 5.87. The second-order valence-electron chi connectivity index (χ2n) is 4.52. The minimum Gasteiger partial charge on any atom is -0.508 e. The van der Waals surface area contributed by atoms with E-state index in [2.05, 4.69) is 0 Å². The molecule has 0 spiro atoms. The highest BCUT2D eigenvalue weighted by Crippen LogP contribution is 2.17. The number of likely N-dealkylation sites (tertiary alicyclic amines) is 1. The summed E-state index contributed by atoms with van der Waals surface area (Å²) in [7, 11) is 0. The first-order valence-corrected chi connectivity index (χ1v) is 6.40. The van der Waals surface area contributed by atoms with Gasteiger partial charge in [0.05, 0.1) is 6.10 Å². The molecule has 1 fully saturated rings. The highest BCUT2D eigenvalue weighted by molar-refractivity contribution is 5.94. The maximum Gasteiger partial charge on any atom is 0.253 e. The van der Waals surface area contributed by atoms with Crippen LogP contribution in [0.4, 0.5) is 0 Å². The molecule has 0 bridgehead atoms. The third kappa shape index (κ3) is 3.01. The summed E-state index contributed by atoms with van der Waals surface area (Å²) in [5, 5.41) is 9.22. The quantitative estimate of drug-likeness (QED) is 0.891. The summed E-state index contributed by atoms with van der Waals surface area (Å²) in [5.41, 5.74) is 0.616. The number of phenolic OH excluding ortho intramolecular Hbond substituents is 1. The first-order valence-electron chi connectivity index (χ1n) is 6.40. The van der Waals surface area contributed by atoms with Crippen molar-refractivity contribution in [3.05, 3.63) is 29.8 Å². The molecule has 1 aromatic carbocycles. The fourth-order valence-corrected chi connectivity index (χ4v) is 2.28. The largest absolute Gasteiger partial charge is 0.508 e. The SMILES string of the molecule is CCOC1CCCN(C(=O)c2ccc(O)cc2)C1. The van der Waals surface area contributed by atoms with Gasteiger partial charge in [0.2, 0.25) is 0 Å². The Morgan fingerprint density at radius 3 is 2.83 bits per heavy atom. The average molecular weight is 249 g/mol. The number of aromatic hydroxyl groups is 1. The summed E-state index contributed by atoms with van der Waals surface area (Å²) in [6, 6.07) is 6.39. The van der Waals surface area contributed by atoms with Crippen LogP contribution in [-0.2, 0) is 4.74 Å². The van der Waals surface area contributed by atoms with Crippen molar-refractivity contribution in [3.8, 4) is 5.75 Å². The number of carbonyl (C=O) groups excluding carboxylic acids is 1. The first-order chi connectivity index (χ1) is 8.70. The smallest absolute Gasteiger partial charge is 0.253 e. The molecule has 2 rings (SSSR count). The van der Waals surface area contributed by atoms with Gasteiger partial charge in [-0.1, -0.05) is 0 Å². The summed E-state index contributed by atoms with van der Waals surface area (Å²) in [6.45, 7) is 4.10. The molecular weight excluding hydrogens is 230 g/mol. The van der Waals surface area contributed by atoms with Crippen molar-refractivity contribution in [3.63, 3.8) is 0 Å². The maximum atomic E-state index is 12.2. The zero-order valence-electron chi connectivity index (χ0n) is 10.6. The van der Waals surface area contributed by atoms with E-state index >= 15 is 0 Å². The van der Waals surface area contributed by atoms with Gasteiger partial charge in [0.25, 0.3) is 5.91 Å². The van der Waals surface area contributed by atoms with Crippen molar-refractivity contribution in [1.29, 1.82) is 0 Å². The molecule has 0 aromatic heterocycles. The lowest BCUT2D eigenvalue weighted by Crippen LogP contribution is -2.43. The van der Waals surface area contributed by atoms with Crippen molar-refractivity contribution in [2.24, 2.45) is 0 Å². The molecule has 4 heteroatoms. The van der Waals surface area contributed by atoms with Crippen molar-refractivity contribution >= 4 is 5.91 Å². The summed E-state index contributed by atoms with van der Waals surface area (Å²) in [6.07, 6.45) is 2.16. The number of piperidine rings is 1. The fraction of sp³-hybridized carbons (Fsp3) is 0.500. The zero-order chi connectivity index (χ0) is 13.0. The molecule has 18 heavy (non-hydrogen) atoms. The van der Waals surface area contributed by atoms with Crippen LogP contribution in [0.3, 0.4) is 0 Å². The van der Waals surface area contributed by atoms with Gasteiger partial charge in [-0.05, 0) is 44.0 Å². The van der Waals surface area contributed by atoms with Gasteiger partial charge in [0, 0.05) is 25.3 Å². The van der Waals surface area contributed by atoms with Crippen LogP contribution in [0, 0.1) is 0 Å². The molecular formula is C14H19NO3. The first kappa shape index (κ1) is 12.9. The molecule has 1 atom stereocenters. The van der Waals surface area contributed by atoms with Crippen LogP contribution >= 0.6 is 0 Å². The molecule has 1 amide bonds. The molecule has 1 heterocycles. The van der Waals surface area contributed by atoms with Gasteiger partial charge in [-0.3, -0.25) is 4.79 Å². The number of hydrogen-bond acceptors (Lipinski definition) is 3. The Morgan fingerprint density at radius 2 is 2.17 bits per heavy atom. The van der Waals surface area contributed by atoms with E-state index in [0.29, 0.717) is 18.7 Å². The van der Waals surface area contributed by atoms with Crippen molar-refractivity contribution in [1.82, 2.24) is 4.90 Å². The monoisotopic (exact) mass is 249 g/mol. The van der Waals surface area contributed by atoms with Crippen molar-refractivity contribution < 1.29 is 14.6 Å². The van der Waals surface area contributed by atoms with Crippen LogP contribution < -0.4 is 0 Å². The number of rotatable bonds is 3. The lowest BCUT2D eigenvalue weighted by molar-refractivity contribution is 0.00724. The number of ether oxygens (including phenoxy) is 1. The Labute approximate surface area is 107 Å². The Balaban J connectivity index is 2.02. The Hall–Kier alpha value is -1.55. The van der Waals surface area contributed by atoms with E-state index in [0.717, 1.165) is 19.4 Å². The van der Waals surface area contributed by atoms with E-state index in [4.69, 9.17) is 4.74 Å². The minimum atomic E-state index is 0.0133. The normalized spacial score (nSPS) is 19.8. The van der Waals surface area contributed by atoms with Crippen LogP contribution in [0.25, 0.3) is 0 Å². The third-order valence-electron chi connectivity index (χ3n) is 3.18. The molecule has 1 N–H and O–H groups in total. The molecule has 0 saturated carbocycles. The lowest BCUT2D eigenvalue weighted by Gasteiger charge is -2.32. The minimum absolute atomic E-state index is 0.0133. The molecule has 0 aliphatic carbocycles. The Kier molecular flexibility index (Phi) is 4.20. The predicted octanol–water partition coefficient (Wildman–Crippen LogP) is 2.03. The Morgan fingerprint density at radius 1 is 1.44 bits per heavy atom. The predicted molar refractivity (Wildman–Crippen MR) is 68.7 cm³/mol. The van der Waals surface area contributed by atoms with E-state index in [1.54, 1.807) is 12.1 Å². The van der Waals surface area contributed by atoms with Gasteiger partial charge < -0.3 is 14.7 Å². The van der Waals surface area contributed by atoms with Crippen LogP contribution in [-0.4, -0.2) is 41.7 Å².